The number of nitrogens with one attached hydrogen (secondary N) is 1. The van der Waals surface area contributed by atoms with E-state index in [-0.39, 0.29) is 22.8 Å². The first-order valence-electron chi connectivity index (χ1n) is 5.39. The summed E-state index contributed by atoms with van der Waals surface area (Å²) in [5.74, 6) is 0.455. The van der Waals surface area contributed by atoms with Crippen LogP contribution < -0.4 is 5.32 Å². The van der Waals surface area contributed by atoms with E-state index in [1.165, 1.54) is 11.8 Å². The van der Waals surface area contributed by atoms with E-state index in [4.69, 9.17) is 0 Å². The van der Waals surface area contributed by atoms with Gasteiger partial charge in [0, 0.05) is 10.9 Å². The predicted octanol–water partition coefficient (Wildman–Crippen LogP) is 1.37. The highest BCUT2D eigenvalue weighted by Crippen LogP contribution is 2.34. The number of anilines is 1. The smallest absolute Gasteiger partial charge is 0.161 e. The summed E-state index contributed by atoms with van der Waals surface area (Å²) in [6.07, 6.45) is 0. The molecule has 0 saturated carbocycles. The average molecular weight is 268 g/mol. The van der Waals surface area contributed by atoms with E-state index in [1.54, 1.807) is 0 Å². The van der Waals surface area contributed by atoms with Crippen LogP contribution in [0.2, 0.25) is 0 Å². The fourth-order valence-electron chi connectivity index (χ4n) is 2.06. The molecule has 1 fully saturated rings. The van der Waals surface area contributed by atoms with Crippen molar-refractivity contribution < 1.29 is 8.42 Å². The summed E-state index contributed by atoms with van der Waals surface area (Å²) < 4.78 is 22.8. The van der Waals surface area contributed by atoms with Crippen molar-refractivity contribution in [2.45, 2.75) is 11.3 Å². The number of amidine groups is 1. The monoisotopic (exact) mass is 268 g/mol. The number of sulfone groups is 1. The lowest BCUT2D eigenvalue weighted by Gasteiger charge is -2.05. The van der Waals surface area contributed by atoms with Gasteiger partial charge in [0.2, 0.25) is 0 Å². The maximum atomic E-state index is 11.4. The molecule has 2 heterocycles. The molecule has 1 N–H and O–H groups in total. The van der Waals surface area contributed by atoms with Crippen LogP contribution in [0.4, 0.5) is 5.69 Å². The van der Waals surface area contributed by atoms with Crippen molar-refractivity contribution in [2.75, 3.05) is 16.8 Å². The molecular formula is C11H12N2O2S2. The highest BCUT2D eigenvalue weighted by molar-refractivity contribution is 8.15. The molecule has 90 valence electrons. The standard InChI is InChI=1S/C11H12N2O2S2/c14-17(15)6-9-10(7-17)16-11(13-9)12-8-4-2-1-3-5-8/h1-5,9-10H,6-7H2,(H,12,13)/t9-,10+/m1/s1. The van der Waals surface area contributed by atoms with Gasteiger partial charge in [0.15, 0.2) is 15.0 Å². The third kappa shape index (κ3) is 2.32. The molecule has 2 aliphatic rings. The summed E-state index contributed by atoms with van der Waals surface area (Å²) in [5, 5.41) is 4.15. The number of benzene rings is 1. The van der Waals surface area contributed by atoms with Gasteiger partial charge in [-0.3, -0.25) is 4.99 Å². The molecule has 17 heavy (non-hydrogen) atoms. The predicted molar refractivity (Wildman–Crippen MR) is 71.3 cm³/mol. The second-order valence-corrected chi connectivity index (χ2v) is 7.61. The molecule has 2 atom stereocenters. The van der Waals surface area contributed by atoms with Gasteiger partial charge in [0.1, 0.15) is 0 Å². The van der Waals surface area contributed by atoms with Gasteiger partial charge in [0.25, 0.3) is 0 Å². The van der Waals surface area contributed by atoms with Crippen LogP contribution in [0.5, 0.6) is 0 Å². The highest BCUT2D eigenvalue weighted by Gasteiger charge is 2.42. The van der Waals surface area contributed by atoms with E-state index >= 15 is 0 Å². The lowest BCUT2D eigenvalue weighted by atomic mass is 10.3. The second-order valence-electron chi connectivity index (χ2n) is 4.23. The lowest BCUT2D eigenvalue weighted by Crippen LogP contribution is -2.13. The summed E-state index contributed by atoms with van der Waals surface area (Å²) in [6, 6.07) is 9.73. The summed E-state index contributed by atoms with van der Waals surface area (Å²) in [7, 11) is -2.86. The molecule has 0 amide bonds. The van der Waals surface area contributed by atoms with E-state index in [0.717, 1.165) is 10.9 Å². The number of hydrogen-bond donors (Lipinski definition) is 1. The van der Waals surface area contributed by atoms with Crippen molar-refractivity contribution in [3.05, 3.63) is 30.3 Å². The zero-order valence-electron chi connectivity index (χ0n) is 9.04. The van der Waals surface area contributed by atoms with Gasteiger partial charge < -0.3 is 5.32 Å². The van der Waals surface area contributed by atoms with E-state index in [2.05, 4.69) is 10.3 Å². The maximum absolute atomic E-state index is 11.4. The fraction of sp³-hybridized carbons (Fsp3) is 0.364. The second kappa shape index (κ2) is 4.03. The Kier molecular flexibility index (Phi) is 2.63. The Labute approximate surface area is 104 Å². The number of para-hydroxylation sites is 1. The van der Waals surface area contributed by atoms with Crippen LogP contribution in [-0.2, 0) is 9.84 Å². The molecule has 0 radical (unpaired) electrons. The van der Waals surface area contributed by atoms with Crippen molar-refractivity contribution >= 4 is 32.5 Å². The van der Waals surface area contributed by atoms with Crippen molar-refractivity contribution in [2.24, 2.45) is 4.99 Å². The first kappa shape index (κ1) is 11.1. The Morgan fingerprint density at radius 3 is 2.71 bits per heavy atom. The maximum Gasteiger partial charge on any atom is 0.161 e. The molecule has 0 bridgehead atoms. The minimum Gasteiger partial charge on any atom is -0.335 e. The quantitative estimate of drug-likeness (QED) is 0.835. The third-order valence-corrected chi connectivity index (χ3v) is 5.98. The normalized spacial score (nSPS) is 29.8. The number of aliphatic imine (C=N–C) groups is 1. The zero-order chi connectivity index (χ0) is 11.9. The highest BCUT2D eigenvalue weighted by atomic mass is 32.2. The molecule has 6 heteroatoms. The van der Waals surface area contributed by atoms with E-state index in [0.29, 0.717) is 0 Å². The van der Waals surface area contributed by atoms with Crippen molar-refractivity contribution in [1.82, 2.24) is 0 Å². The molecule has 0 aliphatic carbocycles. The molecule has 2 aliphatic heterocycles. The number of rotatable bonds is 1. The van der Waals surface area contributed by atoms with Gasteiger partial charge in [-0.15, -0.1) is 0 Å². The Hall–Kier alpha value is -1.01. The van der Waals surface area contributed by atoms with Crippen LogP contribution in [-0.4, -0.2) is 36.4 Å². The minimum atomic E-state index is -2.86. The van der Waals surface area contributed by atoms with Crippen LogP contribution in [0, 0.1) is 0 Å². The summed E-state index contributed by atoms with van der Waals surface area (Å²) in [5.41, 5.74) is 0.988. The van der Waals surface area contributed by atoms with Crippen LogP contribution >= 0.6 is 11.8 Å². The molecule has 4 nitrogen and oxygen atoms in total. The topological polar surface area (TPSA) is 58.5 Å². The van der Waals surface area contributed by atoms with Crippen molar-refractivity contribution in [1.29, 1.82) is 0 Å². The number of thioether (sulfide) groups is 1. The molecule has 0 aromatic heterocycles. The van der Waals surface area contributed by atoms with Gasteiger partial charge in [-0.25, -0.2) is 8.42 Å². The van der Waals surface area contributed by atoms with E-state index in [1.807, 2.05) is 30.3 Å². The van der Waals surface area contributed by atoms with Gasteiger partial charge in [0.05, 0.1) is 17.5 Å². The Morgan fingerprint density at radius 2 is 2.00 bits per heavy atom. The van der Waals surface area contributed by atoms with Crippen LogP contribution in [0.15, 0.2) is 35.3 Å². The van der Waals surface area contributed by atoms with Crippen molar-refractivity contribution in [3.63, 3.8) is 0 Å². The van der Waals surface area contributed by atoms with Gasteiger partial charge in [-0.2, -0.15) is 0 Å². The average Bonchev–Trinajstić information content (AvgIpc) is 2.72. The summed E-state index contributed by atoms with van der Waals surface area (Å²) >= 11 is 1.54. The number of fused-ring (bicyclic) bond motifs is 1. The van der Waals surface area contributed by atoms with E-state index < -0.39 is 9.84 Å². The Bertz CT molecular complexity index is 554. The first-order chi connectivity index (χ1) is 8.12. The molecule has 0 unspecified atom stereocenters. The van der Waals surface area contributed by atoms with Crippen LogP contribution in [0.3, 0.4) is 0 Å². The number of nitrogens with zero attached hydrogens (tertiary/aromatic N) is 1. The summed E-state index contributed by atoms with van der Waals surface area (Å²) in [6.45, 7) is 0. The van der Waals surface area contributed by atoms with Crippen LogP contribution in [0.25, 0.3) is 0 Å². The van der Waals surface area contributed by atoms with Gasteiger partial charge >= 0.3 is 0 Å². The van der Waals surface area contributed by atoms with Crippen LogP contribution in [0.1, 0.15) is 0 Å². The molecule has 1 aromatic rings. The zero-order valence-corrected chi connectivity index (χ0v) is 10.7. The minimum absolute atomic E-state index is 0.0591. The summed E-state index contributed by atoms with van der Waals surface area (Å²) in [4.78, 5) is 4.43. The van der Waals surface area contributed by atoms with Gasteiger partial charge in [-0.1, -0.05) is 30.0 Å². The Morgan fingerprint density at radius 1 is 1.24 bits per heavy atom. The molecular weight excluding hydrogens is 256 g/mol. The molecule has 1 saturated heterocycles. The van der Waals surface area contributed by atoms with Gasteiger partial charge in [-0.05, 0) is 12.1 Å². The Balaban J connectivity index is 1.73. The SMILES string of the molecule is O=S1(=O)C[C@@H]2SC(Nc3ccccc3)=N[C@@H]2C1. The first-order valence-corrected chi connectivity index (χ1v) is 8.09. The number of hydrogen-bond acceptors (Lipinski definition) is 5. The largest absolute Gasteiger partial charge is 0.335 e. The molecule has 0 spiro atoms. The molecule has 1 aromatic carbocycles. The van der Waals surface area contributed by atoms with E-state index in [9.17, 15) is 8.42 Å². The fourth-order valence-corrected chi connectivity index (χ4v) is 5.74. The third-order valence-electron chi connectivity index (χ3n) is 2.84. The van der Waals surface area contributed by atoms with Crippen molar-refractivity contribution in [3.8, 4) is 0 Å². The molecule has 3 rings (SSSR count). The lowest BCUT2D eigenvalue weighted by molar-refractivity contribution is 0.601.